The van der Waals surface area contributed by atoms with Crippen molar-refractivity contribution in [2.45, 2.75) is 34.1 Å². The highest BCUT2D eigenvalue weighted by molar-refractivity contribution is 9.10. The van der Waals surface area contributed by atoms with Gasteiger partial charge in [-0.05, 0) is 66.4 Å². The second-order valence-electron chi connectivity index (χ2n) is 5.03. The van der Waals surface area contributed by atoms with Crippen LogP contribution in [-0.2, 0) is 6.42 Å². The van der Waals surface area contributed by atoms with E-state index in [1.54, 1.807) is 0 Å². The molecule has 0 atom stereocenters. The molecule has 0 unspecified atom stereocenters. The monoisotopic (exact) mass is 350 g/mol. The number of carbonyl (C=O) groups is 1. The van der Waals surface area contributed by atoms with Crippen molar-refractivity contribution in [3.8, 4) is 5.75 Å². The van der Waals surface area contributed by atoms with Gasteiger partial charge in [0.05, 0.1) is 10.2 Å². The first-order valence-electron chi connectivity index (χ1n) is 6.91. The molecule has 0 aliphatic heterocycles. The van der Waals surface area contributed by atoms with Gasteiger partial charge in [0.25, 0.3) is 5.91 Å². The number of hydrogen-bond donors (Lipinski definition) is 0. The van der Waals surface area contributed by atoms with Gasteiger partial charge in [0.15, 0.2) is 6.61 Å². The minimum Gasteiger partial charge on any atom is -0.483 e. The topological polar surface area (TPSA) is 44.1 Å². The van der Waals surface area contributed by atoms with Crippen LogP contribution in [-0.4, -0.2) is 22.3 Å². The number of nitrogens with zero attached hydrogens (tertiary/aromatic N) is 2. The minimum atomic E-state index is -0.164. The summed E-state index contributed by atoms with van der Waals surface area (Å²) in [7, 11) is 0. The van der Waals surface area contributed by atoms with E-state index in [-0.39, 0.29) is 12.5 Å². The zero-order valence-electron chi connectivity index (χ0n) is 12.7. The standard InChI is InChI=1S/C16H19BrN2O2/c1-5-13-11(3)18-19(12(13)4)16(20)9-21-15-7-6-10(2)8-14(15)17/h6-8H,5,9H2,1-4H3. The molecule has 1 aromatic heterocycles. The first-order valence-corrected chi connectivity index (χ1v) is 7.70. The molecule has 0 saturated heterocycles. The van der Waals surface area contributed by atoms with Crippen LogP contribution in [0.2, 0.25) is 0 Å². The van der Waals surface area contributed by atoms with Crippen LogP contribution in [0.15, 0.2) is 22.7 Å². The average molecular weight is 351 g/mol. The van der Waals surface area contributed by atoms with E-state index in [4.69, 9.17) is 4.74 Å². The van der Waals surface area contributed by atoms with Gasteiger partial charge in [0, 0.05) is 5.69 Å². The quantitative estimate of drug-likeness (QED) is 0.840. The van der Waals surface area contributed by atoms with E-state index in [0.29, 0.717) is 5.75 Å². The number of hydrogen-bond acceptors (Lipinski definition) is 3. The molecule has 2 aromatic rings. The molecule has 0 radical (unpaired) electrons. The molecule has 5 heteroatoms. The lowest BCUT2D eigenvalue weighted by molar-refractivity contribution is 0.0817. The summed E-state index contributed by atoms with van der Waals surface area (Å²) in [6.45, 7) is 7.87. The molecular formula is C16H19BrN2O2. The van der Waals surface area contributed by atoms with E-state index in [1.807, 2.05) is 39.0 Å². The number of aryl methyl sites for hydroxylation is 2. The van der Waals surface area contributed by atoms with Gasteiger partial charge >= 0.3 is 0 Å². The molecule has 1 heterocycles. The van der Waals surface area contributed by atoms with Crippen LogP contribution < -0.4 is 4.74 Å². The summed E-state index contributed by atoms with van der Waals surface area (Å²) in [5.74, 6) is 0.494. The Labute approximate surface area is 133 Å². The fraction of sp³-hybridized carbons (Fsp3) is 0.375. The fourth-order valence-corrected chi connectivity index (χ4v) is 2.96. The number of ether oxygens (including phenoxy) is 1. The summed E-state index contributed by atoms with van der Waals surface area (Å²) in [6.07, 6.45) is 0.870. The average Bonchev–Trinajstić information content (AvgIpc) is 2.72. The molecule has 0 aliphatic carbocycles. The van der Waals surface area contributed by atoms with E-state index in [2.05, 4.69) is 28.0 Å². The van der Waals surface area contributed by atoms with Crippen LogP contribution in [0.5, 0.6) is 5.75 Å². The van der Waals surface area contributed by atoms with Gasteiger partial charge in [0.1, 0.15) is 5.75 Å². The lowest BCUT2D eigenvalue weighted by Crippen LogP contribution is -2.22. The highest BCUT2D eigenvalue weighted by Crippen LogP contribution is 2.25. The van der Waals surface area contributed by atoms with E-state index in [1.165, 1.54) is 4.68 Å². The van der Waals surface area contributed by atoms with E-state index < -0.39 is 0 Å². The predicted molar refractivity (Wildman–Crippen MR) is 86.1 cm³/mol. The maximum absolute atomic E-state index is 12.3. The van der Waals surface area contributed by atoms with E-state index in [9.17, 15) is 4.79 Å². The van der Waals surface area contributed by atoms with Gasteiger partial charge in [0.2, 0.25) is 0 Å². The molecule has 1 aromatic carbocycles. The highest BCUT2D eigenvalue weighted by atomic mass is 79.9. The van der Waals surface area contributed by atoms with Gasteiger partial charge in [-0.25, -0.2) is 4.68 Å². The van der Waals surface area contributed by atoms with Crippen LogP contribution in [0.3, 0.4) is 0 Å². The van der Waals surface area contributed by atoms with E-state index in [0.717, 1.165) is 33.4 Å². The molecule has 0 aliphatic rings. The van der Waals surface area contributed by atoms with Crippen molar-refractivity contribution < 1.29 is 9.53 Å². The third-order valence-electron chi connectivity index (χ3n) is 3.47. The Morgan fingerprint density at radius 1 is 1.33 bits per heavy atom. The lowest BCUT2D eigenvalue weighted by Gasteiger charge is -2.09. The molecular weight excluding hydrogens is 332 g/mol. The van der Waals surface area contributed by atoms with Crippen LogP contribution in [0, 0.1) is 20.8 Å². The Morgan fingerprint density at radius 2 is 2.05 bits per heavy atom. The SMILES string of the molecule is CCc1c(C)nn(C(=O)COc2ccc(C)cc2Br)c1C. The Morgan fingerprint density at radius 3 is 2.62 bits per heavy atom. The molecule has 4 nitrogen and oxygen atoms in total. The van der Waals surface area contributed by atoms with Crippen molar-refractivity contribution in [3.05, 3.63) is 45.2 Å². The zero-order chi connectivity index (χ0) is 15.6. The fourth-order valence-electron chi connectivity index (χ4n) is 2.35. The summed E-state index contributed by atoms with van der Waals surface area (Å²) in [5.41, 5.74) is 4.05. The smallest absolute Gasteiger partial charge is 0.284 e. The van der Waals surface area contributed by atoms with Crippen LogP contribution >= 0.6 is 15.9 Å². The number of rotatable bonds is 4. The second kappa shape index (κ2) is 6.43. The summed E-state index contributed by atoms with van der Waals surface area (Å²) in [6, 6.07) is 5.76. The third-order valence-corrected chi connectivity index (χ3v) is 4.09. The third kappa shape index (κ3) is 3.35. The lowest BCUT2D eigenvalue weighted by atomic mass is 10.1. The summed E-state index contributed by atoms with van der Waals surface area (Å²) < 4.78 is 7.87. The molecule has 0 saturated carbocycles. The first-order chi connectivity index (χ1) is 9.93. The van der Waals surface area contributed by atoms with E-state index >= 15 is 0 Å². The normalized spacial score (nSPS) is 10.7. The van der Waals surface area contributed by atoms with Crippen molar-refractivity contribution in [1.29, 1.82) is 0 Å². The molecule has 0 fully saturated rings. The predicted octanol–water partition coefficient (Wildman–Crippen LogP) is 3.85. The Kier molecular flexibility index (Phi) is 4.83. The van der Waals surface area contributed by atoms with Gasteiger partial charge < -0.3 is 4.74 Å². The summed E-state index contributed by atoms with van der Waals surface area (Å²) >= 11 is 3.44. The molecule has 0 bridgehead atoms. The molecule has 0 amide bonds. The van der Waals surface area contributed by atoms with Gasteiger partial charge in [-0.1, -0.05) is 13.0 Å². The van der Waals surface area contributed by atoms with Crippen molar-refractivity contribution >= 4 is 21.8 Å². The molecule has 0 N–H and O–H groups in total. The maximum Gasteiger partial charge on any atom is 0.284 e. The van der Waals surface area contributed by atoms with Crippen LogP contribution in [0.1, 0.15) is 34.2 Å². The summed E-state index contributed by atoms with van der Waals surface area (Å²) in [5, 5.41) is 4.31. The van der Waals surface area contributed by atoms with Crippen molar-refractivity contribution in [3.63, 3.8) is 0 Å². The number of halogens is 1. The zero-order valence-corrected chi connectivity index (χ0v) is 14.3. The number of aromatic nitrogens is 2. The highest BCUT2D eigenvalue weighted by Gasteiger charge is 2.16. The van der Waals surface area contributed by atoms with Gasteiger partial charge in [-0.2, -0.15) is 5.10 Å². The van der Waals surface area contributed by atoms with Crippen molar-refractivity contribution in [2.75, 3.05) is 6.61 Å². The van der Waals surface area contributed by atoms with Crippen LogP contribution in [0.4, 0.5) is 0 Å². The minimum absolute atomic E-state index is 0.0349. The van der Waals surface area contributed by atoms with Gasteiger partial charge in [-0.15, -0.1) is 0 Å². The molecule has 2 rings (SSSR count). The van der Waals surface area contributed by atoms with Crippen molar-refractivity contribution in [1.82, 2.24) is 9.78 Å². The maximum atomic E-state index is 12.3. The van der Waals surface area contributed by atoms with Crippen LogP contribution in [0.25, 0.3) is 0 Å². The largest absolute Gasteiger partial charge is 0.483 e. The molecule has 0 spiro atoms. The number of carbonyl (C=O) groups excluding carboxylic acids is 1. The Bertz CT molecular complexity index is 677. The second-order valence-corrected chi connectivity index (χ2v) is 5.89. The van der Waals surface area contributed by atoms with Crippen molar-refractivity contribution in [2.24, 2.45) is 0 Å². The summed E-state index contributed by atoms with van der Waals surface area (Å²) in [4.78, 5) is 12.3. The van der Waals surface area contributed by atoms with Gasteiger partial charge in [-0.3, -0.25) is 4.79 Å². The Hall–Kier alpha value is -1.62. The number of benzene rings is 1. The molecule has 21 heavy (non-hydrogen) atoms. The Balaban J connectivity index is 2.12. The first kappa shape index (κ1) is 15.8. The molecule has 112 valence electrons.